The number of hydrogen-bond donors (Lipinski definition) is 3. The fraction of sp³-hybridized carbons (Fsp3) is 0.571. The highest BCUT2D eigenvalue weighted by molar-refractivity contribution is 7.89. The fourth-order valence-electron chi connectivity index (χ4n) is 3.76. The monoisotopic (exact) mass is 435 g/mol. The number of aromatic nitrogens is 1. The first-order valence-corrected chi connectivity index (χ1v) is 12.2. The van der Waals surface area contributed by atoms with Gasteiger partial charge in [-0.3, -0.25) is 4.99 Å². The summed E-state index contributed by atoms with van der Waals surface area (Å²) in [7, 11) is -3.35. The van der Waals surface area contributed by atoms with Crippen LogP contribution < -0.4 is 10.6 Å². The van der Waals surface area contributed by atoms with E-state index in [2.05, 4.69) is 32.7 Å². The Balaban J connectivity index is 1.52. The third-order valence-electron chi connectivity index (χ3n) is 5.10. The summed E-state index contributed by atoms with van der Waals surface area (Å²) in [6.07, 6.45) is 2.70. The minimum Gasteiger partial charge on any atom is -0.373 e. The van der Waals surface area contributed by atoms with E-state index in [1.807, 2.05) is 39.1 Å². The molecule has 30 heavy (non-hydrogen) atoms. The molecule has 8 nitrogen and oxygen atoms in total. The van der Waals surface area contributed by atoms with Crippen LogP contribution in [0.4, 0.5) is 0 Å². The third kappa shape index (κ3) is 5.96. The number of guanidine groups is 1. The standard InChI is InChI=1S/C21H33N5O3S/c1-4-22-21(23-10-9-18-13-25-20-8-6-5-7-19(18)20)24-11-12-30(27,28)26-14-16(2)29-17(3)15-26/h5-8,13,16-17,25H,4,9-12,14-15H2,1-3H3,(H2,22,23,24). The Morgan fingerprint density at radius 2 is 1.97 bits per heavy atom. The number of rotatable bonds is 8. The molecule has 2 heterocycles. The molecule has 1 fully saturated rings. The molecule has 2 unspecified atom stereocenters. The van der Waals surface area contributed by atoms with Crippen LogP contribution in [0.2, 0.25) is 0 Å². The summed E-state index contributed by atoms with van der Waals surface area (Å²) in [6.45, 7) is 8.23. The number of fused-ring (bicyclic) bond motifs is 1. The maximum atomic E-state index is 12.7. The van der Waals surface area contributed by atoms with E-state index in [0.29, 0.717) is 32.1 Å². The molecule has 1 aliphatic rings. The highest BCUT2D eigenvalue weighted by Crippen LogP contribution is 2.17. The number of benzene rings is 1. The maximum absolute atomic E-state index is 12.7. The van der Waals surface area contributed by atoms with Crippen LogP contribution in [-0.4, -0.2) is 74.4 Å². The van der Waals surface area contributed by atoms with Gasteiger partial charge in [0.15, 0.2) is 5.96 Å². The van der Waals surface area contributed by atoms with E-state index in [9.17, 15) is 8.42 Å². The SMILES string of the molecule is CCNC(=NCCS(=O)(=O)N1CC(C)OC(C)C1)NCCc1c[nH]c2ccccc12. The number of nitrogens with zero attached hydrogens (tertiary/aromatic N) is 2. The van der Waals surface area contributed by atoms with E-state index in [1.54, 1.807) is 0 Å². The quantitative estimate of drug-likeness (QED) is 0.433. The number of aromatic amines is 1. The second-order valence-corrected chi connectivity index (χ2v) is 9.78. The summed E-state index contributed by atoms with van der Waals surface area (Å²) in [5.41, 5.74) is 2.37. The van der Waals surface area contributed by atoms with Gasteiger partial charge in [-0.25, -0.2) is 8.42 Å². The van der Waals surface area contributed by atoms with Crippen molar-refractivity contribution in [2.75, 3.05) is 38.5 Å². The number of sulfonamides is 1. The molecule has 2 atom stereocenters. The largest absolute Gasteiger partial charge is 0.373 e. The smallest absolute Gasteiger partial charge is 0.216 e. The summed E-state index contributed by atoms with van der Waals surface area (Å²) in [6, 6.07) is 8.23. The summed E-state index contributed by atoms with van der Waals surface area (Å²) in [5.74, 6) is 0.627. The molecule has 9 heteroatoms. The van der Waals surface area contributed by atoms with Gasteiger partial charge in [0.2, 0.25) is 10.0 Å². The molecule has 0 spiro atoms. The van der Waals surface area contributed by atoms with Crippen LogP contribution in [0.25, 0.3) is 10.9 Å². The number of nitrogens with one attached hydrogen (secondary N) is 3. The zero-order chi connectivity index (χ0) is 21.6. The van der Waals surface area contributed by atoms with E-state index in [1.165, 1.54) is 15.3 Å². The predicted molar refractivity (Wildman–Crippen MR) is 121 cm³/mol. The van der Waals surface area contributed by atoms with Gasteiger partial charge in [0.1, 0.15) is 0 Å². The first kappa shape index (κ1) is 22.6. The van der Waals surface area contributed by atoms with Gasteiger partial charge in [0.25, 0.3) is 0 Å². The second kappa shape index (κ2) is 10.3. The molecule has 1 saturated heterocycles. The van der Waals surface area contributed by atoms with Gasteiger partial charge >= 0.3 is 0 Å². The highest BCUT2D eigenvalue weighted by Gasteiger charge is 2.30. The highest BCUT2D eigenvalue weighted by atomic mass is 32.2. The Labute approximate surface area is 179 Å². The van der Waals surface area contributed by atoms with E-state index < -0.39 is 10.0 Å². The minimum absolute atomic E-state index is 0.00847. The molecule has 0 radical (unpaired) electrons. The van der Waals surface area contributed by atoms with Crippen molar-refractivity contribution >= 4 is 26.9 Å². The summed E-state index contributed by atoms with van der Waals surface area (Å²) < 4.78 is 32.5. The van der Waals surface area contributed by atoms with Crippen LogP contribution in [0.15, 0.2) is 35.5 Å². The molecule has 3 N–H and O–H groups in total. The van der Waals surface area contributed by atoms with Crippen LogP contribution in [0.5, 0.6) is 0 Å². The Bertz CT molecular complexity index is 946. The molecule has 0 bridgehead atoms. The lowest BCUT2D eigenvalue weighted by Crippen LogP contribution is -2.49. The van der Waals surface area contributed by atoms with Crippen LogP contribution in [0.1, 0.15) is 26.3 Å². The normalized spacial score (nSPS) is 21.1. The van der Waals surface area contributed by atoms with Crippen molar-refractivity contribution in [3.63, 3.8) is 0 Å². The topological polar surface area (TPSA) is 98.8 Å². The van der Waals surface area contributed by atoms with E-state index in [0.717, 1.165) is 11.9 Å². The number of para-hydroxylation sites is 1. The first-order valence-electron chi connectivity index (χ1n) is 10.6. The molecule has 0 saturated carbocycles. The van der Waals surface area contributed by atoms with Crippen LogP contribution >= 0.6 is 0 Å². The summed E-state index contributed by atoms with van der Waals surface area (Å²) in [5, 5.41) is 7.71. The molecule has 0 aliphatic carbocycles. The van der Waals surface area contributed by atoms with Gasteiger partial charge < -0.3 is 20.4 Å². The summed E-state index contributed by atoms with van der Waals surface area (Å²) >= 11 is 0. The number of H-pyrrole nitrogens is 1. The Kier molecular flexibility index (Phi) is 7.74. The molecular weight excluding hydrogens is 402 g/mol. The van der Waals surface area contributed by atoms with Crippen LogP contribution in [0.3, 0.4) is 0 Å². The maximum Gasteiger partial charge on any atom is 0.216 e. The fourth-order valence-corrected chi connectivity index (χ4v) is 5.21. The average Bonchev–Trinajstić information content (AvgIpc) is 3.10. The lowest BCUT2D eigenvalue weighted by Gasteiger charge is -2.34. The molecule has 1 aromatic heterocycles. The van der Waals surface area contributed by atoms with Gasteiger partial charge in [-0.05, 0) is 38.8 Å². The minimum atomic E-state index is -3.35. The van der Waals surface area contributed by atoms with Crippen molar-refractivity contribution in [3.8, 4) is 0 Å². The lowest BCUT2D eigenvalue weighted by atomic mass is 10.1. The van der Waals surface area contributed by atoms with Crippen molar-refractivity contribution in [2.45, 2.75) is 39.4 Å². The zero-order valence-corrected chi connectivity index (χ0v) is 18.8. The molecule has 1 aromatic carbocycles. The van der Waals surface area contributed by atoms with Crippen molar-refractivity contribution in [2.24, 2.45) is 4.99 Å². The first-order chi connectivity index (χ1) is 14.4. The Morgan fingerprint density at radius 1 is 1.23 bits per heavy atom. The number of ether oxygens (including phenoxy) is 1. The zero-order valence-electron chi connectivity index (χ0n) is 18.0. The lowest BCUT2D eigenvalue weighted by molar-refractivity contribution is -0.0440. The van der Waals surface area contributed by atoms with Crippen molar-refractivity contribution in [3.05, 3.63) is 36.0 Å². The Morgan fingerprint density at radius 3 is 2.70 bits per heavy atom. The molecule has 1 aliphatic heterocycles. The molecule has 166 valence electrons. The second-order valence-electron chi connectivity index (χ2n) is 7.69. The molecule has 3 rings (SSSR count). The van der Waals surface area contributed by atoms with Crippen molar-refractivity contribution in [1.29, 1.82) is 0 Å². The number of morpholine rings is 1. The molecule has 0 amide bonds. The van der Waals surface area contributed by atoms with E-state index in [-0.39, 0.29) is 24.5 Å². The number of hydrogen-bond acceptors (Lipinski definition) is 4. The van der Waals surface area contributed by atoms with Gasteiger partial charge in [-0.15, -0.1) is 0 Å². The third-order valence-corrected chi connectivity index (χ3v) is 6.89. The van der Waals surface area contributed by atoms with E-state index >= 15 is 0 Å². The Hall–Kier alpha value is -2.10. The average molecular weight is 436 g/mol. The van der Waals surface area contributed by atoms with Gasteiger partial charge in [0.05, 0.1) is 24.5 Å². The number of aliphatic imine (C=N–C) groups is 1. The summed E-state index contributed by atoms with van der Waals surface area (Å²) in [4.78, 5) is 7.75. The van der Waals surface area contributed by atoms with Crippen molar-refractivity contribution < 1.29 is 13.2 Å². The van der Waals surface area contributed by atoms with Crippen LogP contribution in [-0.2, 0) is 21.2 Å². The van der Waals surface area contributed by atoms with E-state index in [4.69, 9.17) is 4.74 Å². The van der Waals surface area contributed by atoms with Crippen molar-refractivity contribution in [1.82, 2.24) is 19.9 Å². The molecular formula is C21H33N5O3S. The van der Waals surface area contributed by atoms with Gasteiger partial charge in [0, 0.05) is 43.3 Å². The van der Waals surface area contributed by atoms with Gasteiger partial charge in [-0.1, -0.05) is 18.2 Å². The predicted octanol–water partition coefficient (Wildman–Crippen LogP) is 1.70. The molecule has 2 aromatic rings. The van der Waals surface area contributed by atoms with Gasteiger partial charge in [-0.2, -0.15) is 4.31 Å². The van der Waals surface area contributed by atoms with Crippen LogP contribution in [0, 0.1) is 0 Å².